The van der Waals surface area contributed by atoms with Gasteiger partial charge in [0.05, 0.1) is 7.11 Å². The molecule has 0 unspecified atom stereocenters. The fourth-order valence-corrected chi connectivity index (χ4v) is 3.05. The van der Waals surface area contributed by atoms with E-state index in [1.165, 1.54) is 11.3 Å². The SMILES string of the molecule is CCSc1nnc(NC(=O)Nc2cccc(OC)c2)s1. The first-order valence-corrected chi connectivity index (χ1v) is 7.70. The van der Waals surface area contributed by atoms with Gasteiger partial charge in [-0.05, 0) is 17.9 Å². The lowest BCUT2D eigenvalue weighted by Gasteiger charge is -2.06. The summed E-state index contributed by atoms with van der Waals surface area (Å²) < 4.78 is 5.93. The summed E-state index contributed by atoms with van der Waals surface area (Å²) in [6, 6.07) is 6.76. The first-order chi connectivity index (χ1) is 9.71. The minimum absolute atomic E-state index is 0.359. The molecule has 0 radical (unpaired) electrons. The van der Waals surface area contributed by atoms with Gasteiger partial charge in [0.25, 0.3) is 0 Å². The van der Waals surface area contributed by atoms with E-state index in [4.69, 9.17) is 4.74 Å². The molecular weight excluding hydrogens is 296 g/mol. The number of hydrogen-bond donors (Lipinski definition) is 2. The monoisotopic (exact) mass is 310 g/mol. The predicted octanol–water partition coefficient (Wildman–Crippen LogP) is 3.30. The molecule has 2 rings (SSSR count). The highest BCUT2D eigenvalue weighted by Crippen LogP contribution is 2.25. The molecule has 6 nitrogen and oxygen atoms in total. The van der Waals surface area contributed by atoms with Crippen LogP contribution in [0.3, 0.4) is 0 Å². The summed E-state index contributed by atoms with van der Waals surface area (Å²) in [5.41, 5.74) is 0.648. The molecule has 0 atom stereocenters. The fraction of sp³-hybridized carbons (Fsp3) is 0.250. The average molecular weight is 310 g/mol. The molecule has 2 N–H and O–H groups in total. The number of thioether (sulfide) groups is 1. The third kappa shape index (κ3) is 4.10. The zero-order chi connectivity index (χ0) is 14.4. The molecule has 1 aromatic carbocycles. The predicted molar refractivity (Wildman–Crippen MR) is 81.9 cm³/mol. The third-order valence-corrected chi connectivity index (χ3v) is 4.08. The molecule has 0 spiro atoms. The summed E-state index contributed by atoms with van der Waals surface area (Å²) in [5, 5.41) is 13.7. The van der Waals surface area contributed by atoms with Gasteiger partial charge in [-0.25, -0.2) is 4.79 Å². The van der Waals surface area contributed by atoms with Gasteiger partial charge in [0.2, 0.25) is 5.13 Å². The lowest BCUT2D eigenvalue weighted by Crippen LogP contribution is -2.19. The van der Waals surface area contributed by atoms with Gasteiger partial charge < -0.3 is 10.1 Å². The van der Waals surface area contributed by atoms with Gasteiger partial charge in [-0.1, -0.05) is 36.1 Å². The zero-order valence-electron chi connectivity index (χ0n) is 11.0. The number of aromatic nitrogens is 2. The zero-order valence-corrected chi connectivity index (χ0v) is 12.7. The van der Waals surface area contributed by atoms with Gasteiger partial charge in [0.15, 0.2) is 4.34 Å². The molecule has 20 heavy (non-hydrogen) atoms. The number of hydrogen-bond acceptors (Lipinski definition) is 6. The first-order valence-electron chi connectivity index (χ1n) is 5.89. The number of benzene rings is 1. The van der Waals surface area contributed by atoms with E-state index >= 15 is 0 Å². The highest BCUT2D eigenvalue weighted by Gasteiger charge is 2.08. The summed E-state index contributed by atoms with van der Waals surface area (Å²) in [5.74, 6) is 1.60. The number of nitrogens with one attached hydrogen (secondary N) is 2. The van der Waals surface area contributed by atoms with Crippen molar-refractivity contribution in [1.29, 1.82) is 0 Å². The van der Waals surface area contributed by atoms with Gasteiger partial charge in [0.1, 0.15) is 5.75 Å². The molecule has 0 saturated heterocycles. The Morgan fingerprint density at radius 1 is 1.40 bits per heavy atom. The quantitative estimate of drug-likeness (QED) is 0.654. The van der Waals surface area contributed by atoms with Crippen LogP contribution in [-0.4, -0.2) is 29.1 Å². The molecule has 0 aliphatic rings. The molecule has 2 amide bonds. The van der Waals surface area contributed by atoms with Crippen molar-refractivity contribution in [3.63, 3.8) is 0 Å². The number of amides is 2. The number of carbonyl (C=O) groups is 1. The van der Waals surface area contributed by atoms with Gasteiger partial charge in [-0.3, -0.25) is 5.32 Å². The Hall–Kier alpha value is -1.80. The van der Waals surface area contributed by atoms with E-state index in [0.717, 1.165) is 10.1 Å². The largest absolute Gasteiger partial charge is 0.497 e. The van der Waals surface area contributed by atoms with Gasteiger partial charge in [-0.15, -0.1) is 10.2 Å². The van der Waals surface area contributed by atoms with Crippen molar-refractivity contribution in [2.24, 2.45) is 0 Å². The molecule has 1 heterocycles. The van der Waals surface area contributed by atoms with E-state index in [0.29, 0.717) is 16.6 Å². The molecule has 0 aliphatic carbocycles. The van der Waals surface area contributed by atoms with Gasteiger partial charge in [-0.2, -0.15) is 0 Å². The standard InChI is InChI=1S/C12H14N4O2S2/c1-3-19-12-16-15-11(20-12)14-10(17)13-8-5-4-6-9(7-8)18-2/h4-7H,3H2,1-2H3,(H2,13,14,15,17). The molecule has 0 aliphatic heterocycles. The second-order valence-corrected chi connectivity index (χ2v) is 6.11. The van der Waals surface area contributed by atoms with E-state index in [1.54, 1.807) is 37.1 Å². The Balaban J connectivity index is 1.94. The van der Waals surface area contributed by atoms with Crippen molar-refractivity contribution in [2.75, 3.05) is 23.5 Å². The maximum atomic E-state index is 11.8. The molecular formula is C12H14N4O2S2. The summed E-state index contributed by atoms with van der Waals surface area (Å²) in [6.07, 6.45) is 0. The Morgan fingerprint density at radius 3 is 3.00 bits per heavy atom. The van der Waals surface area contributed by atoms with Crippen LogP contribution in [0.1, 0.15) is 6.92 Å². The number of ether oxygens (including phenoxy) is 1. The normalized spacial score (nSPS) is 10.1. The minimum atomic E-state index is -0.359. The van der Waals surface area contributed by atoms with Crippen LogP contribution in [0, 0.1) is 0 Å². The summed E-state index contributed by atoms with van der Waals surface area (Å²) >= 11 is 2.94. The number of rotatable bonds is 5. The number of urea groups is 1. The Bertz CT molecular complexity index is 588. The lowest BCUT2D eigenvalue weighted by molar-refractivity contribution is 0.262. The second-order valence-electron chi connectivity index (χ2n) is 3.62. The van der Waals surface area contributed by atoms with Crippen molar-refractivity contribution in [2.45, 2.75) is 11.3 Å². The van der Waals surface area contributed by atoms with Crippen molar-refractivity contribution >= 4 is 39.9 Å². The molecule has 1 aromatic heterocycles. The van der Waals surface area contributed by atoms with Crippen LogP contribution in [-0.2, 0) is 0 Å². The van der Waals surface area contributed by atoms with Crippen LogP contribution in [0.25, 0.3) is 0 Å². The Morgan fingerprint density at radius 2 is 2.25 bits per heavy atom. The van der Waals surface area contributed by atoms with Crippen LogP contribution in [0.2, 0.25) is 0 Å². The van der Waals surface area contributed by atoms with Gasteiger partial charge in [0, 0.05) is 11.8 Å². The molecule has 2 aromatic rings. The third-order valence-electron chi connectivity index (χ3n) is 2.22. The Labute approximate surface area is 124 Å². The maximum absolute atomic E-state index is 11.8. The van der Waals surface area contributed by atoms with Crippen LogP contribution in [0.15, 0.2) is 28.6 Å². The molecule has 0 bridgehead atoms. The van der Waals surface area contributed by atoms with Crippen LogP contribution in [0.5, 0.6) is 5.75 Å². The number of anilines is 2. The smallest absolute Gasteiger partial charge is 0.325 e. The van der Waals surface area contributed by atoms with E-state index in [9.17, 15) is 4.79 Å². The maximum Gasteiger partial charge on any atom is 0.325 e. The highest BCUT2D eigenvalue weighted by atomic mass is 32.2. The van der Waals surface area contributed by atoms with Crippen LogP contribution >= 0.6 is 23.1 Å². The molecule has 0 fully saturated rings. The van der Waals surface area contributed by atoms with Crippen LogP contribution in [0.4, 0.5) is 15.6 Å². The summed E-state index contributed by atoms with van der Waals surface area (Å²) in [4.78, 5) is 11.8. The van der Waals surface area contributed by atoms with Crippen molar-refractivity contribution in [1.82, 2.24) is 10.2 Å². The Kier molecular flexibility index (Phi) is 5.19. The minimum Gasteiger partial charge on any atom is -0.497 e. The highest BCUT2D eigenvalue weighted by molar-refractivity contribution is 8.01. The van der Waals surface area contributed by atoms with Crippen molar-refractivity contribution in [3.05, 3.63) is 24.3 Å². The fourth-order valence-electron chi connectivity index (χ4n) is 1.40. The second kappa shape index (κ2) is 7.11. The van der Waals surface area contributed by atoms with Crippen molar-refractivity contribution in [3.8, 4) is 5.75 Å². The number of methoxy groups -OCH3 is 1. The topological polar surface area (TPSA) is 76.1 Å². The summed E-state index contributed by atoms with van der Waals surface area (Å²) in [7, 11) is 1.58. The molecule has 8 heteroatoms. The van der Waals surface area contributed by atoms with E-state index < -0.39 is 0 Å². The molecule has 106 valence electrons. The lowest BCUT2D eigenvalue weighted by atomic mass is 10.3. The van der Waals surface area contributed by atoms with Gasteiger partial charge >= 0.3 is 6.03 Å². The number of nitrogens with zero attached hydrogens (tertiary/aromatic N) is 2. The van der Waals surface area contributed by atoms with Crippen molar-refractivity contribution < 1.29 is 9.53 Å². The van der Waals surface area contributed by atoms with E-state index in [-0.39, 0.29) is 6.03 Å². The average Bonchev–Trinajstić information content (AvgIpc) is 2.86. The van der Waals surface area contributed by atoms with Crippen LogP contribution < -0.4 is 15.4 Å². The summed E-state index contributed by atoms with van der Waals surface area (Å²) in [6.45, 7) is 2.04. The molecule has 0 saturated carbocycles. The first kappa shape index (κ1) is 14.6. The van der Waals surface area contributed by atoms with E-state index in [2.05, 4.69) is 20.8 Å². The van der Waals surface area contributed by atoms with E-state index in [1.807, 2.05) is 13.0 Å². The number of carbonyl (C=O) groups excluding carboxylic acids is 1.